The van der Waals surface area contributed by atoms with Gasteiger partial charge in [0.25, 0.3) is 0 Å². The van der Waals surface area contributed by atoms with Crippen molar-refractivity contribution >= 4 is 17.8 Å². The predicted octanol–water partition coefficient (Wildman–Crippen LogP) is 3.74. The smallest absolute Gasteiger partial charge is 0.191 e. The number of rotatable bonds is 6. The van der Waals surface area contributed by atoms with E-state index in [2.05, 4.69) is 39.8 Å². The number of aryl methyl sites for hydroxylation is 2. The summed E-state index contributed by atoms with van der Waals surface area (Å²) in [5.41, 5.74) is 9.26. The number of oxazole rings is 1. The van der Waals surface area contributed by atoms with E-state index in [-0.39, 0.29) is 0 Å². The first-order chi connectivity index (χ1) is 14.4. The predicted molar refractivity (Wildman–Crippen MR) is 118 cm³/mol. The van der Waals surface area contributed by atoms with Crippen LogP contribution in [0, 0.1) is 13.8 Å². The van der Waals surface area contributed by atoms with Crippen molar-refractivity contribution in [2.24, 2.45) is 0 Å². The van der Waals surface area contributed by atoms with E-state index in [0.29, 0.717) is 50.1 Å². The number of nitrogens with one attached hydrogen (secondary N) is 1. The second-order valence-corrected chi connectivity index (χ2v) is 8.60. The fourth-order valence-corrected chi connectivity index (χ4v) is 4.28. The lowest BCUT2D eigenvalue weighted by Gasteiger charge is -2.31. The molecule has 3 heterocycles. The summed E-state index contributed by atoms with van der Waals surface area (Å²) in [5.74, 6) is 1.60. The molecule has 4 rings (SSSR count). The summed E-state index contributed by atoms with van der Waals surface area (Å²) in [6.07, 6.45) is 4.75. The number of benzene rings is 1. The first kappa shape index (κ1) is 20.9. The highest BCUT2D eigenvalue weighted by atomic mass is 32.2. The van der Waals surface area contributed by atoms with Crippen molar-refractivity contribution in [2.45, 2.75) is 37.2 Å². The van der Waals surface area contributed by atoms with E-state index in [9.17, 15) is 5.11 Å². The van der Waals surface area contributed by atoms with E-state index in [1.165, 1.54) is 11.9 Å². The van der Waals surface area contributed by atoms with Crippen molar-refractivity contribution in [3.63, 3.8) is 0 Å². The zero-order valence-electron chi connectivity index (χ0n) is 17.1. The molecule has 1 saturated heterocycles. The Kier molecular flexibility index (Phi) is 6.10. The first-order valence-electron chi connectivity index (χ1n) is 9.93. The number of pyridine rings is 1. The minimum atomic E-state index is -0.705. The van der Waals surface area contributed by atoms with Gasteiger partial charge in [-0.25, -0.2) is 9.97 Å². The largest absolute Gasteiger partial charge is 0.441 e. The van der Waals surface area contributed by atoms with Crippen LogP contribution >= 0.6 is 11.9 Å². The third-order valence-corrected chi connectivity index (χ3v) is 6.12. The fourth-order valence-electron chi connectivity index (χ4n) is 3.46. The minimum absolute atomic E-state index is 0.407. The van der Waals surface area contributed by atoms with E-state index in [1.54, 1.807) is 19.3 Å². The summed E-state index contributed by atoms with van der Waals surface area (Å²) in [5, 5.41) is 10.6. The Morgan fingerprint density at radius 3 is 2.67 bits per heavy atom. The van der Waals surface area contributed by atoms with Crippen molar-refractivity contribution in [2.75, 3.05) is 25.5 Å². The van der Waals surface area contributed by atoms with Gasteiger partial charge in [-0.3, -0.25) is 4.72 Å². The average Bonchev–Trinajstić information content (AvgIpc) is 3.16. The SMILES string of the molecule is Cc1ncc(-c2cc(-c3cc(SNCC4(O)CCOCC4)ccc3C)cnc2N)o1. The number of ether oxygens (including phenoxy) is 1. The fraction of sp³-hybridized carbons (Fsp3) is 0.364. The lowest BCUT2D eigenvalue weighted by molar-refractivity contribution is -0.0585. The molecule has 30 heavy (non-hydrogen) atoms. The van der Waals surface area contributed by atoms with Gasteiger partial charge in [0.2, 0.25) is 0 Å². The Morgan fingerprint density at radius 2 is 1.93 bits per heavy atom. The molecule has 0 amide bonds. The highest BCUT2D eigenvalue weighted by Gasteiger charge is 2.29. The normalized spacial score (nSPS) is 16.0. The van der Waals surface area contributed by atoms with Gasteiger partial charge in [-0.15, -0.1) is 0 Å². The Morgan fingerprint density at radius 1 is 1.13 bits per heavy atom. The Bertz CT molecular complexity index is 1030. The summed E-state index contributed by atoms with van der Waals surface area (Å²) in [4.78, 5) is 9.58. The number of nitrogen functional groups attached to an aromatic ring is 1. The summed E-state index contributed by atoms with van der Waals surface area (Å²) >= 11 is 1.51. The molecule has 3 aromatic rings. The number of hydrogen-bond donors (Lipinski definition) is 3. The van der Waals surface area contributed by atoms with Gasteiger partial charge in [0.05, 0.1) is 17.4 Å². The van der Waals surface area contributed by atoms with Gasteiger partial charge >= 0.3 is 0 Å². The molecule has 1 aromatic carbocycles. The Balaban J connectivity index is 1.53. The molecular weight excluding hydrogens is 400 g/mol. The van der Waals surface area contributed by atoms with E-state index in [4.69, 9.17) is 14.9 Å². The maximum Gasteiger partial charge on any atom is 0.191 e. The topological polar surface area (TPSA) is 106 Å². The summed E-state index contributed by atoms with van der Waals surface area (Å²) in [6.45, 7) is 5.59. The van der Waals surface area contributed by atoms with Crippen LogP contribution in [-0.2, 0) is 4.74 Å². The van der Waals surface area contributed by atoms with E-state index in [1.807, 2.05) is 6.07 Å². The standard InChI is InChI=1S/C22H26N4O3S/c1-14-3-4-17(30-26-13-22(27)5-7-28-8-6-22)10-18(14)16-9-19(21(23)25-11-16)20-12-24-15(2)29-20/h3-4,9-12,26-27H,5-8,13H2,1-2H3,(H2,23,25). The van der Waals surface area contributed by atoms with Gasteiger partial charge in [0, 0.05) is 56.2 Å². The van der Waals surface area contributed by atoms with Crippen molar-refractivity contribution in [3.8, 4) is 22.5 Å². The molecule has 0 saturated carbocycles. The third kappa shape index (κ3) is 4.67. The van der Waals surface area contributed by atoms with Crippen LogP contribution in [0.25, 0.3) is 22.5 Å². The van der Waals surface area contributed by atoms with Crippen LogP contribution in [0.15, 0.2) is 46.0 Å². The van der Waals surface area contributed by atoms with Crippen molar-refractivity contribution in [1.82, 2.24) is 14.7 Å². The summed E-state index contributed by atoms with van der Waals surface area (Å²) in [7, 11) is 0. The Labute approximate surface area is 180 Å². The van der Waals surface area contributed by atoms with Crippen LogP contribution in [0.5, 0.6) is 0 Å². The molecule has 0 radical (unpaired) electrons. The van der Waals surface area contributed by atoms with Gasteiger partial charge in [0.1, 0.15) is 5.82 Å². The highest BCUT2D eigenvalue weighted by Crippen LogP contribution is 2.33. The molecule has 158 valence electrons. The maximum atomic E-state index is 10.6. The summed E-state index contributed by atoms with van der Waals surface area (Å²) < 4.78 is 14.3. The van der Waals surface area contributed by atoms with Crippen LogP contribution in [0.3, 0.4) is 0 Å². The molecule has 0 spiro atoms. The second-order valence-electron chi connectivity index (χ2n) is 7.64. The van der Waals surface area contributed by atoms with Crippen molar-refractivity contribution in [3.05, 3.63) is 48.1 Å². The summed E-state index contributed by atoms with van der Waals surface area (Å²) in [6, 6.07) is 8.24. The Hall–Kier alpha value is -2.39. The zero-order chi connectivity index (χ0) is 21.1. The number of aliphatic hydroxyl groups is 1. The van der Waals surface area contributed by atoms with Gasteiger partial charge in [-0.05, 0) is 48.2 Å². The molecule has 1 aliphatic rings. The highest BCUT2D eigenvalue weighted by molar-refractivity contribution is 7.97. The lowest BCUT2D eigenvalue weighted by atomic mass is 9.95. The number of nitrogens with zero attached hydrogens (tertiary/aromatic N) is 2. The molecule has 0 aliphatic carbocycles. The van der Waals surface area contributed by atoms with Crippen molar-refractivity contribution in [1.29, 1.82) is 0 Å². The lowest BCUT2D eigenvalue weighted by Crippen LogP contribution is -2.43. The first-order valence-corrected chi connectivity index (χ1v) is 10.7. The van der Waals surface area contributed by atoms with Gasteiger partial charge in [-0.2, -0.15) is 0 Å². The molecular formula is C22H26N4O3S. The second kappa shape index (κ2) is 8.77. The number of aromatic nitrogens is 2. The molecule has 4 N–H and O–H groups in total. The zero-order valence-corrected chi connectivity index (χ0v) is 18.0. The number of anilines is 1. The van der Waals surface area contributed by atoms with E-state index >= 15 is 0 Å². The molecule has 7 nitrogen and oxygen atoms in total. The van der Waals surface area contributed by atoms with Gasteiger partial charge < -0.3 is 20.0 Å². The van der Waals surface area contributed by atoms with Crippen LogP contribution in [-0.4, -0.2) is 40.4 Å². The number of hydrogen-bond acceptors (Lipinski definition) is 8. The van der Waals surface area contributed by atoms with Gasteiger partial charge in [0.15, 0.2) is 11.7 Å². The third-order valence-electron chi connectivity index (χ3n) is 5.34. The maximum absolute atomic E-state index is 10.6. The average molecular weight is 427 g/mol. The molecule has 0 atom stereocenters. The van der Waals surface area contributed by atoms with E-state index in [0.717, 1.165) is 27.1 Å². The van der Waals surface area contributed by atoms with Gasteiger partial charge in [-0.1, -0.05) is 6.07 Å². The van der Waals surface area contributed by atoms with Crippen molar-refractivity contribution < 1.29 is 14.3 Å². The molecule has 1 fully saturated rings. The van der Waals surface area contributed by atoms with Crippen LogP contribution in [0.4, 0.5) is 5.82 Å². The molecule has 0 bridgehead atoms. The van der Waals surface area contributed by atoms with Crippen LogP contribution in [0.2, 0.25) is 0 Å². The number of nitrogens with two attached hydrogens (primary N) is 1. The quantitative estimate of drug-likeness (QED) is 0.512. The molecule has 0 unspecified atom stereocenters. The van der Waals surface area contributed by atoms with Crippen LogP contribution < -0.4 is 10.5 Å². The van der Waals surface area contributed by atoms with Crippen LogP contribution in [0.1, 0.15) is 24.3 Å². The molecule has 1 aliphatic heterocycles. The monoisotopic (exact) mass is 426 g/mol. The molecule has 8 heteroatoms. The van der Waals surface area contributed by atoms with E-state index < -0.39 is 5.60 Å². The molecule has 2 aromatic heterocycles. The minimum Gasteiger partial charge on any atom is -0.441 e.